The number of hydrogen-bond acceptors (Lipinski definition) is 4. The van der Waals surface area contributed by atoms with Crippen molar-refractivity contribution in [1.82, 2.24) is 0 Å². The molecule has 0 fully saturated rings. The molecule has 1 aromatic rings. The first kappa shape index (κ1) is 15.9. The molecule has 0 radical (unpaired) electrons. The van der Waals surface area contributed by atoms with E-state index in [1.807, 2.05) is 50.3 Å². The molecule has 0 atom stereocenters. The molecule has 1 aliphatic heterocycles. The van der Waals surface area contributed by atoms with Crippen LogP contribution in [-0.2, 0) is 9.53 Å². The van der Waals surface area contributed by atoms with E-state index in [1.165, 1.54) is 6.08 Å². The van der Waals surface area contributed by atoms with Crippen molar-refractivity contribution in [2.75, 3.05) is 13.4 Å². The van der Waals surface area contributed by atoms with Crippen LogP contribution in [0.5, 0.6) is 11.5 Å². The monoisotopic (exact) mass is 300 g/mol. The SMILES string of the molecule is CCOC(=O)/C=C(C)/C=C/C=C(\C)c1ccc2c(c1)OCO2. The predicted octanol–water partition coefficient (Wildman–Crippen LogP) is 3.88. The minimum absolute atomic E-state index is 0.277. The topological polar surface area (TPSA) is 44.8 Å². The van der Waals surface area contributed by atoms with Crippen LogP contribution in [0.15, 0.2) is 48.1 Å². The summed E-state index contributed by atoms with van der Waals surface area (Å²) >= 11 is 0. The highest BCUT2D eigenvalue weighted by molar-refractivity contribution is 5.83. The van der Waals surface area contributed by atoms with Gasteiger partial charge in [-0.05, 0) is 49.6 Å². The maximum Gasteiger partial charge on any atom is 0.330 e. The summed E-state index contributed by atoms with van der Waals surface area (Å²) in [6.07, 6.45) is 7.24. The van der Waals surface area contributed by atoms with Gasteiger partial charge in [0.15, 0.2) is 11.5 Å². The molecule has 0 N–H and O–H groups in total. The van der Waals surface area contributed by atoms with E-state index in [0.29, 0.717) is 6.61 Å². The maximum absolute atomic E-state index is 11.3. The second-order valence-electron chi connectivity index (χ2n) is 4.92. The Bertz CT molecular complexity index is 638. The van der Waals surface area contributed by atoms with Crippen LogP contribution in [0.25, 0.3) is 5.57 Å². The fourth-order valence-corrected chi connectivity index (χ4v) is 2.00. The standard InChI is InChI=1S/C18H20O4/c1-4-20-18(19)10-13(2)6-5-7-14(3)15-8-9-16-17(11-15)22-12-21-16/h5-11H,4,12H2,1-3H3/b6-5+,13-10+,14-7+. The molecule has 1 heterocycles. The highest BCUT2D eigenvalue weighted by atomic mass is 16.7. The van der Waals surface area contributed by atoms with Crippen LogP contribution in [0.4, 0.5) is 0 Å². The van der Waals surface area contributed by atoms with E-state index in [9.17, 15) is 4.79 Å². The van der Waals surface area contributed by atoms with E-state index in [1.54, 1.807) is 6.92 Å². The van der Waals surface area contributed by atoms with Crippen molar-refractivity contribution >= 4 is 11.5 Å². The summed E-state index contributed by atoms with van der Waals surface area (Å²) in [6.45, 7) is 6.33. The number of carbonyl (C=O) groups is 1. The highest BCUT2D eigenvalue weighted by Gasteiger charge is 2.13. The van der Waals surface area contributed by atoms with E-state index < -0.39 is 0 Å². The van der Waals surface area contributed by atoms with Gasteiger partial charge in [0.1, 0.15) is 0 Å². The van der Waals surface area contributed by atoms with Crippen molar-refractivity contribution in [3.05, 3.63) is 53.6 Å². The third-order valence-electron chi connectivity index (χ3n) is 3.17. The number of carbonyl (C=O) groups excluding carboxylic acids is 1. The van der Waals surface area contributed by atoms with Crippen molar-refractivity contribution in [2.24, 2.45) is 0 Å². The smallest absolute Gasteiger partial charge is 0.330 e. The molecule has 1 aromatic carbocycles. The van der Waals surface area contributed by atoms with Gasteiger partial charge in [0.05, 0.1) is 6.61 Å². The van der Waals surface area contributed by atoms with Crippen LogP contribution in [-0.4, -0.2) is 19.4 Å². The molecule has 0 saturated heterocycles. The fourth-order valence-electron chi connectivity index (χ4n) is 2.00. The Labute approximate surface area is 130 Å². The minimum Gasteiger partial charge on any atom is -0.463 e. The van der Waals surface area contributed by atoms with Crippen molar-refractivity contribution in [2.45, 2.75) is 20.8 Å². The van der Waals surface area contributed by atoms with Gasteiger partial charge < -0.3 is 14.2 Å². The van der Waals surface area contributed by atoms with Gasteiger partial charge in [0, 0.05) is 6.08 Å². The lowest BCUT2D eigenvalue weighted by Crippen LogP contribution is -1.99. The highest BCUT2D eigenvalue weighted by Crippen LogP contribution is 2.34. The summed E-state index contributed by atoms with van der Waals surface area (Å²) in [5.41, 5.74) is 3.01. The summed E-state index contributed by atoms with van der Waals surface area (Å²) in [7, 11) is 0. The number of fused-ring (bicyclic) bond motifs is 1. The van der Waals surface area contributed by atoms with E-state index in [-0.39, 0.29) is 12.8 Å². The zero-order valence-corrected chi connectivity index (χ0v) is 13.1. The van der Waals surface area contributed by atoms with E-state index in [4.69, 9.17) is 14.2 Å². The van der Waals surface area contributed by atoms with Gasteiger partial charge in [-0.2, -0.15) is 0 Å². The van der Waals surface area contributed by atoms with Crippen LogP contribution in [0.1, 0.15) is 26.3 Å². The first-order chi connectivity index (χ1) is 10.6. The van der Waals surface area contributed by atoms with Gasteiger partial charge in [-0.15, -0.1) is 0 Å². The summed E-state index contributed by atoms with van der Waals surface area (Å²) in [5.74, 6) is 1.23. The van der Waals surface area contributed by atoms with Crippen molar-refractivity contribution in [3.8, 4) is 11.5 Å². The van der Waals surface area contributed by atoms with Crippen LogP contribution >= 0.6 is 0 Å². The second kappa shape index (κ2) is 7.50. The first-order valence-corrected chi connectivity index (χ1v) is 7.20. The number of esters is 1. The van der Waals surface area contributed by atoms with Crippen LogP contribution in [0, 0.1) is 0 Å². The molecule has 22 heavy (non-hydrogen) atoms. The minimum atomic E-state index is -0.318. The van der Waals surface area contributed by atoms with Gasteiger partial charge >= 0.3 is 5.97 Å². The average molecular weight is 300 g/mol. The Morgan fingerprint density at radius 3 is 2.82 bits per heavy atom. The Morgan fingerprint density at radius 1 is 1.27 bits per heavy atom. The Balaban J connectivity index is 2.03. The molecule has 4 nitrogen and oxygen atoms in total. The van der Waals surface area contributed by atoms with Crippen LogP contribution in [0.3, 0.4) is 0 Å². The third-order valence-corrected chi connectivity index (χ3v) is 3.17. The first-order valence-electron chi connectivity index (χ1n) is 7.20. The third kappa shape index (κ3) is 4.25. The van der Waals surface area contributed by atoms with Crippen molar-refractivity contribution in [1.29, 1.82) is 0 Å². The Kier molecular flexibility index (Phi) is 5.42. The number of ether oxygens (including phenoxy) is 3. The molecule has 0 unspecified atom stereocenters. The average Bonchev–Trinajstić information content (AvgIpc) is 2.94. The molecule has 0 saturated carbocycles. The second-order valence-corrected chi connectivity index (χ2v) is 4.92. The molecule has 1 aliphatic rings. The lowest BCUT2D eigenvalue weighted by atomic mass is 10.1. The molecule has 116 valence electrons. The molecule has 0 spiro atoms. The molecule has 0 aromatic heterocycles. The van der Waals surface area contributed by atoms with E-state index in [0.717, 1.165) is 28.2 Å². The zero-order chi connectivity index (χ0) is 15.9. The summed E-state index contributed by atoms with van der Waals surface area (Å²) in [4.78, 5) is 11.3. The Hall–Kier alpha value is -2.49. The van der Waals surface area contributed by atoms with Gasteiger partial charge in [-0.3, -0.25) is 0 Å². The van der Waals surface area contributed by atoms with Crippen molar-refractivity contribution < 1.29 is 19.0 Å². The lowest BCUT2D eigenvalue weighted by molar-refractivity contribution is -0.137. The van der Waals surface area contributed by atoms with Gasteiger partial charge in [-0.25, -0.2) is 4.79 Å². The van der Waals surface area contributed by atoms with Crippen LogP contribution in [0.2, 0.25) is 0 Å². The number of hydrogen-bond donors (Lipinski definition) is 0. The van der Waals surface area contributed by atoms with Gasteiger partial charge in [0.2, 0.25) is 6.79 Å². The molecule has 4 heteroatoms. The largest absolute Gasteiger partial charge is 0.463 e. The molecular weight excluding hydrogens is 280 g/mol. The quantitative estimate of drug-likeness (QED) is 0.470. The number of benzene rings is 1. The fraction of sp³-hybridized carbons (Fsp3) is 0.278. The molecule has 0 bridgehead atoms. The Morgan fingerprint density at radius 2 is 2.05 bits per heavy atom. The molecular formula is C18H20O4. The number of rotatable bonds is 5. The normalized spacial score (nSPS) is 14.5. The number of allylic oxidation sites excluding steroid dienone is 5. The summed E-state index contributed by atoms with van der Waals surface area (Å²) in [6, 6.07) is 5.86. The van der Waals surface area contributed by atoms with Crippen LogP contribution < -0.4 is 9.47 Å². The van der Waals surface area contributed by atoms with E-state index in [2.05, 4.69) is 0 Å². The summed E-state index contributed by atoms with van der Waals surface area (Å²) < 4.78 is 15.5. The van der Waals surface area contributed by atoms with E-state index >= 15 is 0 Å². The maximum atomic E-state index is 11.3. The van der Waals surface area contributed by atoms with Gasteiger partial charge in [-0.1, -0.05) is 24.3 Å². The molecule has 0 aliphatic carbocycles. The zero-order valence-electron chi connectivity index (χ0n) is 13.1. The van der Waals surface area contributed by atoms with Gasteiger partial charge in [0.25, 0.3) is 0 Å². The molecule has 2 rings (SSSR count). The predicted molar refractivity (Wildman–Crippen MR) is 85.7 cm³/mol. The van der Waals surface area contributed by atoms with Crippen molar-refractivity contribution in [3.63, 3.8) is 0 Å². The molecule has 0 amide bonds. The summed E-state index contributed by atoms with van der Waals surface area (Å²) in [5, 5.41) is 0. The lowest BCUT2D eigenvalue weighted by Gasteiger charge is -2.02.